The van der Waals surface area contributed by atoms with Gasteiger partial charge < -0.3 is 29.2 Å². The summed E-state index contributed by atoms with van der Waals surface area (Å²) in [4.78, 5) is 25.8. The summed E-state index contributed by atoms with van der Waals surface area (Å²) in [6.07, 6.45) is 3.81. The van der Waals surface area contributed by atoms with Gasteiger partial charge in [0.15, 0.2) is 11.5 Å². The van der Waals surface area contributed by atoms with Gasteiger partial charge in [-0.3, -0.25) is 0 Å². The lowest BCUT2D eigenvalue weighted by molar-refractivity contribution is -0.169. The van der Waals surface area contributed by atoms with Crippen LogP contribution < -0.4 is 4.74 Å². The maximum atomic E-state index is 13.1. The summed E-state index contributed by atoms with van der Waals surface area (Å²) in [5.74, 6) is -1.92. The Labute approximate surface area is 190 Å². The van der Waals surface area contributed by atoms with E-state index in [1.54, 1.807) is 12.1 Å². The molecule has 2 aromatic carbocycles. The van der Waals surface area contributed by atoms with Crippen molar-refractivity contribution in [1.82, 2.24) is 0 Å². The first-order valence-corrected chi connectivity index (χ1v) is 10.2. The molecule has 172 valence electrons. The van der Waals surface area contributed by atoms with Crippen LogP contribution in [0.5, 0.6) is 17.2 Å². The van der Waals surface area contributed by atoms with Gasteiger partial charge in [-0.25, -0.2) is 9.59 Å². The number of rotatable bonds is 5. The zero-order valence-corrected chi connectivity index (χ0v) is 18.7. The lowest BCUT2D eigenvalue weighted by atomic mass is 9.82. The minimum absolute atomic E-state index is 0.0558. The number of aromatic hydroxyl groups is 2. The van der Waals surface area contributed by atoms with Crippen molar-refractivity contribution in [3.63, 3.8) is 0 Å². The molecule has 0 amide bonds. The number of benzene rings is 2. The molecule has 4 rings (SSSR count). The molecular formula is C25H24O8. The van der Waals surface area contributed by atoms with Gasteiger partial charge in [-0.1, -0.05) is 18.2 Å². The van der Waals surface area contributed by atoms with Gasteiger partial charge in [0.2, 0.25) is 11.4 Å². The maximum absolute atomic E-state index is 13.1. The van der Waals surface area contributed by atoms with E-state index in [4.69, 9.17) is 18.9 Å². The van der Waals surface area contributed by atoms with Gasteiger partial charge in [-0.05, 0) is 55.3 Å². The van der Waals surface area contributed by atoms with Gasteiger partial charge in [-0.15, -0.1) is 0 Å². The quantitative estimate of drug-likeness (QED) is 0.525. The fourth-order valence-electron chi connectivity index (χ4n) is 4.10. The number of esters is 2. The average Bonchev–Trinajstić information content (AvgIpc) is 3.06. The summed E-state index contributed by atoms with van der Waals surface area (Å²) in [5, 5.41) is 19.8. The van der Waals surface area contributed by atoms with E-state index in [2.05, 4.69) is 0 Å². The Hall–Kier alpha value is -3.94. The number of phenolic OH excluding ortho intramolecular Hbond substituents is 2. The number of phenols is 2. The van der Waals surface area contributed by atoms with Crippen LogP contribution in [0.1, 0.15) is 30.5 Å². The highest BCUT2D eigenvalue weighted by Gasteiger charge is 2.56. The van der Waals surface area contributed by atoms with Gasteiger partial charge in [0.1, 0.15) is 11.4 Å². The lowest BCUT2D eigenvalue weighted by Crippen LogP contribution is -2.44. The third kappa shape index (κ3) is 3.77. The smallest absolute Gasteiger partial charge is 0.375 e. The number of carbonyl (C=O) groups is 2. The van der Waals surface area contributed by atoms with Crippen LogP contribution in [0.3, 0.4) is 0 Å². The number of fused-ring (bicyclic) bond motifs is 1. The predicted molar refractivity (Wildman–Crippen MR) is 118 cm³/mol. The Kier molecular flexibility index (Phi) is 5.32. The first-order valence-electron chi connectivity index (χ1n) is 10.2. The molecule has 0 radical (unpaired) electrons. The molecule has 33 heavy (non-hydrogen) atoms. The first-order chi connectivity index (χ1) is 15.6. The predicted octanol–water partition coefficient (Wildman–Crippen LogP) is 3.35. The summed E-state index contributed by atoms with van der Waals surface area (Å²) in [6, 6.07) is 9.35. The van der Waals surface area contributed by atoms with Gasteiger partial charge >= 0.3 is 11.9 Å². The van der Waals surface area contributed by atoms with Gasteiger partial charge in [0.25, 0.3) is 0 Å². The second-order valence-electron chi connectivity index (χ2n) is 8.41. The summed E-state index contributed by atoms with van der Waals surface area (Å²) in [6.45, 7) is 3.89. The first kappa shape index (κ1) is 22.3. The Morgan fingerprint density at radius 1 is 1.03 bits per heavy atom. The molecule has 0 aliphatic carbocycles. The van der Waals surface area contributed by atoms with Gasteiger partial charge in [-0.2, -0.15) is 0 Å². The van der Waals surface area contributed by atoms with E-state index < -0.39 is 28.9 Å². The molecule has 0 unspecified atom stereocenters. The van der Waals surface area contributed by atoms with Crippen molar-refractivity contribution in [3.8, 4) is 17.2 Å². The zero-order valence-electron chi connectivity index (χ0n) is 18.7. The molecule has 8 nitrogen and oxygen atoms in total. The number of hydrogen-bond donors (Lipinski definition) is 2. The van der Waals surface area contributed by atoms with Gasteiger partial charge in [0, 0.05) is 12.0 Å². The lowest BCUT2D eigenvalue weighted by Gasteiger charge is -2.30. The Morgan fingerprint density at radius 3 is 2.45 bits per heavy atom. The number of cyclic esters (lactones) is 1. The van der Waals surface area contributed by atoms with E-state index in [0.29, 0.717) is 11.3 Å². The van der Waals surface area contributed by atoms with E-state index in [0.717, 1.165) is 5.56 Å². The zero-order chi connectivity index (χ0) is 24.0. The summed E-state index contributed by atoms with van der Waals surface area (Å²) < 4.78 is 21.9. The average molecular weight is 452 g/mol. The van der Waals surface area contributed by atoms with Crippen LogP contribution in [0, 0.1) is 0 Å². The molecule has 0 saturated carbocycles. The summed E-state index contributed by atoms with van der Waals surface area (Å²) in [7, 11) is 2.48. The largest absolute Gasteiger partial charge is 0.504 e. The number of methoxy groups -OCH3 is 2. The molecule has 2 aromatic rings. The monoisotopic (exact) mass is 452 g/mol. The molecule has 2 heterocycles. The van der Waals surface area contributed by atoms with Crippen LogP contribution >= 0.6 is 0 Å². The molecule has 0 fully saturated rings. The number of carbonyl (C=O) groups excluding carboxylic acids is 2. The van der Waals surface area contributed by atoms with Gasteiger partial charge in [0.05, 0.1) is 19.8 Å². The molecule has 1 atom stereocenters. The SMILES string of the molecule is COC(=O)[C@]1(Cc2ccc3c(c2)C=CC(C)(C)O3)OC(=O)C(OC)=C1c1ccc(O)c(O)c1. The van der Waals surface area contributed by atoms with Crippen LogP contribution in [0.15, 0.2) is 48.2 Å². The van der Waals surface area contributed by atoms with Crippen LogP contribution in [0.25, 0.3) is 11.6 Å². The van der Waals surface area contributed by atoms with E-state index in [-0.39, 0.29) is 29.1 Å². The highest BCUT2D eigenvalue weighted by Crippen LogP contribution is 2.45. The third-order valence-corrected chi connectivity index (χ3v) is 5.63. The highest BCUT2D eigenvalue weighted by atomic mass is 16.6. The van der Waals surface area contributed by atoms with E-state index >= 15 is 0 Å². The van der Waals surface area contributed by atoms with Crippen LogP contribution in [-0.4, -0.2) is 47.6 Å². The van der Waals surface area contributed by atoms with E-state index in [1.807, 2.05) is 32.1 Å². The van der Waals surface area contributed by atoms with Crippen molar-refractivity contribution in [2.75, 3.05) is 14.2 Å². The fourth-order valence-corrected chi connectivity index (χ4v) is 4.10. The van der Waals surface area contributed by atoms with Crippen molar-refractivity contribution >= 4 is 23.6 Å². The molecule has 2 N–H and O–H groups in total. The van der Waals surface area contributed by atoms with E-state index in [1.165, 1.54) is 32.4 Å². The minimum Gasteiger partial charge on any atom is -0.504 e. The summed E-state index contributed by atoms with van der Waals surface area (Å²) >= 11 is 0. The normalized spacial score (nSPS) is 20.7. The molecule has 0 bridgehead atoms. The molecule has 2 aliphatic rings. The topological polar surface area (TPSA) is 112 Å². The Bertz CT molecular complexity index is 1210. The van der Waals surface area contributed by atoms with Crippen molar-refractivity contribution in [2.24, 2.45) is 0 Å². The molecule has 0 spiro atoms. The molecular weight excluding hydrogens is 428 g/mol. The highest BCUT2D eigenvalue weighted by molar-refractivity contribution is 6.11. The second-order valence-corrected chi connectivity index (χ2v) is 8.41. The molecule has 2 aliphatic heterocycles. The molecule has 0 saturated heterocycles. The molecule has 8 heteroatoms. The Morgan fingerprint density at radius 2 is 1.79 bits per heavy atom. The Balaban J connectivity index is 1.84. The minimum atomic E-state index is -1.87. The third-order valence-electron chi connectivity index (χ3n) is 5.63. The second kappa shape index (κ2) is 7.88. The van der Waals surface area contributed by atoms with Crippen LogP contribution in [0.4, 0.5) is 0 Å². The van der Waals surface area contributed by atoms with Crippen LogP contribution in [0.2, 0.25) is 0 Å². The fraction of sp³-hybridized carbons (Fsp3) is 0.280. The number of ether oxygens (including phenoxy) is 4. The van der Waals surface area contributed by atoms with E-state index in [9.17, 15) is 19.8 Å². The van der Waals surface area contributed by atoms with Crippen molar-refractivity contribution in [2.45, 2.75) is 31.5 Å². The number of hydrogen-bond acceptors (Lipinski definition) is 8. The van der Waals surface area contributed by atoms with Crippen molar-refractivity contribution in [3.05, 3.63) is 64.9 Å². The molecule has 0 aromatic heterocycles. The summed E-state index contributed by atoms with van der Waals surface area (Å²) in [5.41, 5.74) is -0.446. The van der Waals surface area contributed by atoms with Crippen molar-refractivity contribution in [1.29, 1.82) is 0 Å². The maximum Gasteiger partial charge on any atom is 0.375 e. The standard InChI is InChI=1S/C25H24O8/c1-24(2)10-9-15-11-14(5-8-19(15)32-24)13-25(23(29)31-4)20(21(30-3)22(28)33-25)16-6-7-17(26)18(27)12-16/h5-12,26-27H,13H2,1-4H3/t25-/m1/s1. The van der Waals surface area contributed by atoms with Crippen molar-refractivity contribution < 1.29 is 38.7 Å². The van der Waals surface area contributed by atoms with Crippen LogP contribution in [-0.2, 0) is 30.2 Å².